The van der Waals surface area contributed by atoms with Crippen LogP contribution in [-0.2, 0) is 11.2 Å². The molecule has 0 radical (unpaired) electrons. The molecule has 166 valence electrons. The Bertz CT molecular complexity index is 1490. The molecule has 0 aliphatic carbocycles. The molecule has 4 rings (SSSR count). The zero-order valence-corrected chi connectivity index (χ0v) is 17.9. The molecule has 0 fully saturated rings. The van der Waals surface area contributed by atoms with Crippen LogP contribution in [0.4, 0.5) is 15.8 Å². The van der Waals surface area contributed by atoms with Crippen LogP contribution in [0, 0.1) is 27.3 Å². The van der Waals surface area contributed by atoms with Crippen LogP contribution in [-0.4, -0.2) is 10.8 Å². The monoisotopic (exact) mass is 451 g/mol. The van der Waals surface area contributed by atoms with Crippen molar-refractivity contribution in [3.63, 3.8) is 0 Å². The van der Waals surface area contributed by atoms with Gasteiger partial charge in [0.25, 0.3) is 11.6 Å². The van der Waals surface area contributed by atoms with Gasteiger partial charge in [0, 0.05) is 24.2 Å². The molecule has 4 aromatic rings. The van der Waals surface area contributed by atoms with E-state index in [2.05, 4.69) is 5.32 Å². The van der Waals surface area contributed by atoms with Crippen LogP contribution in [0.2, 0.25) is 0 Å². The van der Waals surface area contributed by atoms with Crippen LogP contribution in [0.3, 0.4) is 0 Å². The largest absolute Gasteiger partial charge is 0.321 e. The minimum absolute atomic E-state index is 0.179. The number of nitro groups is 1. The lowest BCUT2D eigenvalue weighted by Gasteiger charge is -2.12. The van der Waals surface area contributed by atoms with Gasteiger partial charge in [0.15, 0.2) is 0 Å². The van der Waals surface area contributed by atoms with Gasteiger partial charge in [-0.15, -0.1) is 0 Å². The molecule has 34 heavy (non-hydrogen) atoms. The van der Waals surface area contributed by atoms with Gasteiger partial charge in [0.2, 0.25) is 0 Å². The summed E-state index contributed by atoms with van der Waals surface area (Å²) in [7, 11) is 0. The molecule has 6 nitrogen and oxygen atoms in total. The minimum Gasteiger partial charge on any atom is -0.321 e. The summed E-state index contributed by atoms with van der Waals surface area (Å²) < 4.78 is 14.3. The van der Waals surface area contributed by atoms with E-state index in [0.717, 1.165) is 16.3 Å². The van der Waals surface area contributed by atoms with E-state index in [0.29, 0.717) is 11.1 Å². The summed E-state index contributed by atoms with van der Waals surface area (Å²) in [6, 6.07) is 25.1. The van der Waals surface area contributed by atoms with Gasteiger partial charge < -0.3 is 5.32 Å². The highest BCUT2D eigenvalue weighted by Crippen LogP contribution is 2.28. The minimum atomic E-state index is -0.701. The molecule has 0 aliphatic rings. The standard InChI is InChI=1S/C27H18FN3O3/c28-26-11-4-2-7-20(26)14-19-13-12-18-6-1-3-10-24(18)25(19)15-21(17-29)27(32)30-22-8-5-9-23(16-22)31(33)34/h1-13,15-16H,14H2,(H,30,32)/b21-15+. The number of hydrogen-bond donors (Lipinski definition) is 1. The zero-order chi connectivity index (χ0) is 24.1. The number of nitriles is 1. The maximum atomic E-state index is 14.3. The van der Waals surface area contributed by atoms with Gasteiger partial charge in [-0.25, -0.2) is 4.39 Å². The lowest BCUT2D eigenvalue weighted by Crippen LogP contribution is -2.13. The van der Waals surface area contributed by atoms with Crippen LogP contribution in [0.1, 0.15) is 16.7 Å². The second kappa shape index (κ2) is 9.76. The van der Waals surface area contributed by atoms with E-state index in [-0.39, 0.29) is 29.2 Å². The highest BCUT2D eigenvalue weighted by atomic mass is 19.1. The molecule has 0 aromatic heterocycles. The molecule has 0 saturated carbocycles. The van der Waals surface area contributed by atoms with Gasteiger partial charge in [-0.3, -0.25) is 14.9 Å². The molecule has 1 amide bonds. The predicted molar refractivity (Wildman–Crippen MR) is 128 cm³/mol. The van der Waals surface area contributed by atoms with Gasteiger partial charge in [0.1, 0.15) is 17.5 Å². The van der Waals surface area contributed by atoms with Crippen molar-refractivity contribution in [2.45, 2.75) is 6.42 Å². The number of benzene rings is 4. The summed E-state index contributed by atoms with van der Waals surface area (Å²) in [4.78, 5) is 23.3. The second-order valence-electron chi connectivity index (χ2n) is 7.56. The van der Waals surface area contributed by atoms with E-state index in [1.165, 1.54) is 36.4 Å². The van der Waals surface area contributed by atoms with Crippen LogP contribution in [0.5, 0.6) is 0 Å². The quantitative estimate of drug-likeness (QED) is 0.168. The van der Waals surface area contributed by atoms with Crippen molar-refractivity contribution >= 4 is 34.1 Å². The van der Waals surface area contributed by atoms with Gasteiger partial charge in [-0.05, 0) is 45.7 Å². The number of nitro benzene ring substituents is 1. The van der Waals surface area contributed by atoms with Crippen molar-refractivity contribution in [1.29, 1.82) is 5.26 Å². The first kappa shape index (κ1) is 22.4. The average Bonchev–Trinajstić information content (AvgIpc) is 2.84. The van der Waals surface area contributed by atoms with E-state index in [4.69, 9.17) is 0 Å². The number of hydrogen-bond acceptors (Lipinski definition) is 4. The Morgan fingerprint density at radius 1 is 1.00 bits per heavy atom. The fourth-order valence-corrected chi connectivity index (χ4v) is 3.70. The Morgan fingerprint density at radius 3 is 2.53 bits per heavy atom. The molecular weight excluding hydrogens is 433 g/mol. The molecule has 7 heteroatoms. The fourth-order valence-electron chi connectivity index (χ4n) is 3.70. The topological polar surface area (TPSA) is 96.0 Å². The van der Waals surface area contributed by atoms with Crippen LogP contribution in [0.15, 0.2) is 90.5 Å². The molecule has 0 spiro atoms. The van der Waals surface area contributed by atoms with E-state index in [1.54, 1.807) is 18.2 Å². The fraction of sp³-hybridized carbons (Fsp3) is 0.0370. The molecule has 1 N–H and O–H groups in total. The van der Waals surface area contributed by atoms with Crippen molar-refractivity contribution < 1.29 is 14.1 Å². The molecule has 0 unspecified atom stereocenters. The molecular formula is C27H18FN3O3. The van der Waals surface area contributed by atoms with Crippen molar-refractivity contribution in [2.24, 2.45) is 0 Å². The molecule has 0 saturated heterocycles. The molecule has 0 aliphatic heterocycles. The van der Waals surface area contributed by atoms with Crippen molar-refractivity contribution in [1.82, 2.24) is 0 Å². The number of carbonyl (C=O) groups is 1. The lowest BCUT2D eigenvalue weighted by atomic mass is 9.93. The van der Waals surface area contributed by atoms with Gasteiger partial charge in [-0.1, -0.05) is 60.7 Å². The van der Waals surface area contributed by atoms with Crippen LogP contribution in [0.25, 0.3) is 16.8 Å². The number of anilines is 1. The third kappa shape index (κ3) is 4.81. The van der Waals surface area contributed by atoms with E-state index in [9.17, 15) is 24.6 Å². The molecule has 0 bridgehead atoms. The first-order valence-electron chi connectivity index (χ1n) is 10.4. The Hall–Kier alpha value is -4.83. The van der Waals surface area contributed by atoms with Crippen LogP contribution < -0.4 is 5.32 Å². The first-order valence-corrected chi connectivity index (χ1v) is 10.4. The van der Waals surface area contributed by atoms with E-state index >= 15 is 0 Å². The smallest absolute Gasteiger partial charge is 0.271 e. The summed E-state index contributed by atoms with van der Waals surface area (Å²) in [6.07, 6.45) is 1.75. The van der Waals surface area contributed by atoms with E-state index < -0.39 is 10.8 Å². The normalized spacial score (nSPS) is 11.1. The van der Waals surface area contributed by atoms with E-state index in [1.807, 2.05) is 42.5 Å². The maximum Gasteiger partial charge on any atom is 0.271 e. The van der Waals surface area contributed by atoms with Crippen molar-refractivity contribution in [2.75, 3.05) is 5.32 Å². The predicted octanol–water partition coefficient (Wildman–Crippen LogP) is 6.02. The van der Waals surface area contributed by atoms with Crippen LogP contribution >= 0.6 is 0 Å². The number of amides is 1. The zero-order valence-electron chi connectivity index (χ0n) is 17.9. The Labute approximate surface area is 194 Å². The third-order valence-corrected chi connectivity index (χ3v) is 5.37. The number of halogens is 1. The summed E-state index contributed by atoms with van der Waals surface area (Å²) in [5.41, 5.74) is 1.71. The Morgan fingerprint density at radius 2 is 1.76 bits per heavy atom. The van der Waals surface area contributed by atoms with Gasteiger partial charge >= 0.3 is 0 Å². The average molecular weight is 451 g/mol. The third-order valence-electron chi connectivity index (χ3n) is 5.37. The SMILES string of the molecule is N#C/C(=C\c1c(Cc2ccccc2F)ccc2ccccc12)C(=O)Nc1cccc([N+](=O)[O-])c1. The number of fused-ring (bicyclic) bond motifs is 1. The molecule has 4 aromatic carbocycles. The van der Waals surface area contributed by atoms with Gasteiger partial charge in [-0.2, -0.15) is 5.26 Å². The molecule has 0 heterocycles. The Balaban J connectivity index is 1.76. The van der Waals surface area contributed by atoms with Crippen molar-refractivity contribution in [3.8, 4) is 6.07 Å². The number of nitrogens with zero attached hydrogens (tertiary/aromatic N) is 2. The first-order chi connectivity index (χ1) is 16.5. The Kier molecular flexibility index (Phi) is 6.42. The number of rotatable bonds is 6. The summed E-state index contributed by atoms with van der Waals surface area (Å²) >= 11 is 0. The second-order valence-corrected chi connectivity index (χ2v) is 7.56. The number of carbonyl (C=O) groups excluding carboxylic acids is 1. The lowest BCUT2D eigenvalue weighted by molar-refractivity contribution is -0.384. The molecule has 0 atom stereocenters. The van der Waals surface area contributed by atoms with Crippen molar-refractivity contribution in [3.05, 3.63) is 123 Å². The maximum absolute atomic E-state index is 14.3. The summed E-state index contributed by atoms with van der Waals surface area (Å²) in [5, 5.41) is 25.0. The summed E-state index contributed by atoms with van der Waals surface area (Å²) in [6.45, 7) is 0. The van der Waals surface area contributed by atoms with Gasteiger partial charge in [0.05, 0.1) is 4.92 Å². The summed E-state index contributed by atoms with van der Waals surface area (Å²) in [5.74, 6) is -1.04. The number of non-ortho nitro benzene ring substituents is 1. The highest BCUT2D eigenvalue weighted by Gasteiger charge is 2.15. The number of nitrogens with one attached hydrogen (secondary N) is 1. The highest BCUT2D eigenvalue weighted by molar-refractivity contribution is 6.11.